The van der Waals surface area contributed by atoms with Crippen LogP contribution in [0.5, 0.6) is 5.75 Å². The molecule has 0 bridgehead atoms. The number of carbonyl (C=O) groups is 4. The van der Waals surface area contributed by atoms with Crippen LogP contribution in [0.4, 0.5) is 0 Å². The Kier molecular flexibility index (Phi) is 4.77. The summed E-state index contributed by atoms with van der Waals surface area (Å²) in [6.45, 7) is 3.97. The number of likely N-dealkylation sites (tertiary alicyclic amines) is 1. The number of hydrogen-bond donors (Lipinski definition) is 1. The van der Waals surface area contributed by atoms with Crippen LogP contribution in [0.15, 0.2) is 58.7 Å². The van der Waals surface area contributed by atoms with Gasteiger partial charge in [0.2, 0.25) is 11.8 Å². The minimum atomic E-state index is -0.517. The van der Waals surface area contributed by atoms with Gasteiger partial charge in [0, 0.05) is 29.2 Å². The van der Waals surface area contributed by atoms with Gasteiger partial charge in [-0.2, -0.15) is 0 Å². The highest BCUT2D eigenvalue weighted by molar-refractivity contribution is 6.23. The summed E-state index contributed by atoms with van der Waals surface area (Å²) < 4.78 is 0. The second-order valence-electron chi connectivity index (χ2n) is 9.15. The fraction of sp³-hybridized carbons (Fsp3) is 0.385. The van der Waals surface area contributed by atoms with Gasteiger partial charge in [-0.25, -0.2) is 0 Å². The van der Waals surface area contributed by atoms with E-state index in [1.807, 2.05) is 19.1 Å². The van der Waals surface area contributed by atoms with Crippen LogP contribution >= 0.6 is 0 Å². The predicted octanol–water partition coefficient (Wildman–Crippen LogP) is 3.23. The number of benzene rings is 1. The Morgan fingerprint density at radius 2 is 1.88 bits per heavy atom. The van der Waals surface area contributed by atoms with Crippen molar-refractivity contribution < 1.29 is 24.3 Å². The molecule has 1 fully saturated rings. The molecule has 0 unspecified atom stereocenters. The number of phenols is 1. The minimum Gasteiger partial charge on any atom is -0.508 e. The van der Waals surface area contributed by atoms with Crippen LogP contribution in [0.3, 0.4) is 0 Å². The van der Waals surface area contributed by atoms with Gasteiger partial charge in [-0.1, -0.05) is 30.7 Å². The van der Waals surface area contributed by atoms with Gasteiger partial charge in [0.05, 0.1) is 11.8 Å². The second kappa shape index (κ2) is 7.40. The van der Waals surface area contributed by atoms with E-state index in [1.165, 1.54) is 11.0 Å². The first kappa shape index (κ1) is 20.6. The summed E-state index contributed by atoms with van der Waals surface area (Å²) in [4.78, 5) is 53.9. The molecule has 0 spiro atoms. The third-order valence-corrected chi connectivity index (χ3v) is 7.30. The lowest BCUT2D eigenvalue weighted by atomic mass is 9.59. The number of Topliss-reactive ketones (excluding diaryl/α,β-unsaturated/α-hetero) is 1. The van der Waals surface area contributed by atoms with E-state index in [0.29, 0.717) is 41.7 Å². The van der Waals surface area contributed by atoms with E-state index < -0.39 is 17.8 Å². The smallest absolute Gasteiger partial charge is 0.233 e. The highest BCUT2D eigenvalue weighted by Crippen LogP contribution is 2.55. The van der Waals surface area contributed by atoms with Gasteiger partial charge in [-0.3, -0.25) is 24.1 Å². The zero-order chi connectivity index (χ0) is 22.7. The molecule has 1 N–H and O–H groups in total. The van der Waals surface area contributed by atoms with Crippen LogP contribution in [-0.4, -0.2) is 39.9 Å². The molecular weight excluding hydrogens is 406 g/mol. The topological polar surface area (TPSA) is 91.8 Å². The monoisotopic (exact) mass is 431 g/mol. The summed E-state index contributed by atoms with van der Waals surface area (Å²) in [5, 5.41) is 10.1. The number of aromatic hydroxyl groups is 1. The van der Waals surface area contributed by atoms with Crippen molar-refractivity contribution in [2.45, 2.75) is 39.0 Å². The summed E-state index contributed by atoms with van der Waals surface area (Å²) in [5.41, 5.74) is 2.90. The predicted molar refractivity (Wildman–Crippen MR) is 116 cm³/mol. The molecule has 5 rings (SSSR count). The third-order valence-electron chi connectivity index (χ3n) is 7.30. The molecule has 32 heavy (non-hydrogen) atoms. The average molecular weight is 431 g/mol. The van der Waals surface area contributed by atoms with Crippen molar-refractivity contribution in [2.24, 2.45) is 17.8 Å². The normalized spacial score (nSPS) is 29.5. The first-order chi connectivity index (χ1) is 15.3. The highest BCUT2D eigenvalue weighted by Gasteiger charge is 2.55. The van der Waals surface area contributed by atoms with Gasteiger partial charge >= 0.3 is 0 Å². The summed E-state index contributed by atoms with van der Waals surface area (Å²) >= 11 is 0. The lowest BCUT2D eigenvalue weighted by Gasteiger charge is -2.42. The van der Waals surface area contributed by atoms with Gasteiger partial charge < -0.3 is 5.11 Å². The van der Waals surface area contributed by atoms with Gasteiger partial charge in [0.25, 0.3) is 0 Å². The van der Waals surface area contributed by atoms with Crippen molar-refractivity contribution in [3.63, 3.8) is 0 Å². The Morgan fingerprint density at radius 3 is 2.59 bits per heavy atom. The molecule has 1 saturated heterocycles. The third kappa shape index (κ3) is 2.85. The largest absolute Gasteiger partial charge is 0.508 e. The van der Waals surface area contributed by atoms with Crippen molar-refractivity contribution in [2.75, 3.05) is 6.54 Å². The summed E-state index contributed by atoms with van der Waals surface area (Å²) in [6, 6.07) is 6.71. The number of amides is 2. The second-order valence-corrected chi connectivity index (χ2v) is 9.15. The summed E-state index contributed by atoms with van der Waals surface area (Å²) in [7, 11) is 0. The fourth-order valence-corrected chi connectivity index (χ4v) is 5.98. The van der Waals surface area contributed by atoms with Gasteiger partial charge in [0.1, 0.15) is 5.75 Å². The summed E-state index contributed by atoms with van der Waals surface area (Å²) in [5.74, 6) is -2.37. The van der Waals surface area contributed by atoms with Crippen molar-refractivity contribution >= 4 is 23.4 Å². The van der Waals surface area contributed by atoms with E-state index in [4.69, 9.17) is 0 Å². The maximum absolute atomic E-state index is 13.3. The number of rotatable bonds is 3. The van der Waals surface area contributed by atoms with Gasteiger partial charge in [-0.15, -0.1) is 0 Å². The van der Waals surface area contributed by atoms with Gasteiger partial charge in [-0.05, 0) is 55.9 Å². The number of nitrogens with zero attached hydrogens (tertiary/aromatic N) is 1. The molecule has 3 aliphatic carbocycles. The molecule has 0 saturated carbocycles. The fourth-order valence-electron chi connectivity index (χ4n) is 5.98. The number of imide groups is 1. The quantitative estimate of drug-likeness (QED) is 0.451. The van der Waals surface area contributed by atoms with Gasteiger partial charge in [0.15, 0.2) is 11.6 Å². The molecule has 1 heterocycles. The number of allylic oxidation sites excluding steroid dienone is 6. The maximum Gasteiger partial charge on any atom is 0.233 e. The highest BCUT2D eigenvalue weighted by atomic mass is 16.3. The zero-order valence-electron chi connectivity index (χ0n) is 18.1. The molecule has 2 amide bonds. The van der Waals surface area contributed by atoms with Crippen molar-refractivity contribution in [3.8, 4) is 5.75 Å². The number of ketones is 2. The average Bonchev–Trinajstić information content (AvgIpc) is 3.01. The molecule has 1 aromatic carbocycles. The Hall–Kier alpha value is -3.28. The molecule has 4 aliphatic rings. The molecule has 1 aliphatic heterocycles. The number of hydrogen-bond acceptors (Lipinski definition) is 5. The van der Waals surface area contributed by atoms with Crippen molar-refractivity contribution in [1.82, 2.24) is 4.90 Å². The molecule has 0 aromatic heterocycles. The molecule has 4 atom stereocenters. The van der Waals surface area contributed by atoms with Crippen LogP contribution in [0.1, 0.15) is 44.6 Å². The SMILES string of the molecule is CCCN1C(=O)[C@H]2[C@H](CC=C3[C@H](c4cccc(O)c4)C4=C(C[C@H]32)C(=O)C(C)=CC4=O)C1=O. The van der Waals surface area contributed by atoms with Crippen LogP contribution in [0, 0.1) is 17.8 Å². The first-order valence-corrected chi connectivity index (χ1v) is 11.2. The number of fused-ring (bicyclic) bond motifs is 3. The van der Waals surface area contributed by atoms with Crippen molar-refractivity contribution in [1.29, 1.82) is 0 Å². The number of phenolic OH excluding ortho intramolecular Hbond substituents is 1. The van der Waals surface area contributed by atoms with Crippen LogP contribution in [0.2, 0.25) is 0 Å². The molecular formula is C26H25NO5. The van der Waals surface area contributed by atoms with E-state index >= 15 is 0 Å². The number of carbonyl (C=O) groups excluding carboxylic acids is 4. The molecule has 6 nitrogen and oxygen atoms in total. The van der Waals surface area contributed by atoms with Crippen LogP contribution < -0.4 is 0 Å². The molecule has 0 radical (unpaired) electrons. The maximum atomic E-state index is 13.3. The van der Waals surface area contributed by atoms with Crippen LogP contribution in [0.25, 0.3) is 0 Å². The standard InChI is InChI=1S/C26H25NO5/c1-3-9-27-25(31)17-8-7-16-18(22(17)26(27)32)12-19-23(20(29)10-13(2)24(19)30)21(16)14-5-4-6-15(28)11-14/h4-7,10-11,17-18,21-22,28H,3,8-9,12H2,1-2H3/t17-,18+,21-,22-/m0/s1. The zero-order valence-corrected chi connectivity index (χ0v) is 18.1. The van der Waals surface area contributed by atoms with Crippen molar-refractivity contribution in [3.05, 3.63) is 64.3 Å². The van der Waals surface area contributed by atoms with E-state index in [9.17, 15) is 24.3 Å². The first-order valence-electron chi connectivity index (χ1n) is 11.2. The Balaban J connectivity index is 1.67. The minimum absolute atomic E-state index is 0.0728. The van der Waals surface area contributed by atoms with E-state index in [-0.39, 0.29) is 41.5 Å². The Morgan fingerprint density at radius 1 is 1.09 bits per heavy atom. The summed E-state index contributed by atoms with van der Waals surface area (Å²) in [6.07, 6.45) is 4.80. The Labute approximate surface area is 186 Å². The van der Waals surface area contributed by atoms with E-state index in [2.05, 4.69) is 0 Å². The molecule has 164 valence electrons. The molecule has 1 aromatic rings. The van der Waals surface area contributed by atoms with E-state index in [1.54, 1.807) is 25.1 Å². The van der Waals surface area contributed by atoms with Crippen LogP contribution in [-0.2, 0) is 19.2 Å². The van der Waals surface area contributed by atoms with E-state index in [0.717, 1.165) is 5.57 Å². The lowest BCUT2D eigenvalue weighted by molar-refractivity contribution is -0.140. The Bertz CT molecular complexity index is 1170. The molecule has 6 heteroatoms. The lowest BCUT2D eigenvalue weighted by Crippen LogP contribution is -2.39.